The van der Waals surface area contributed by atoms with Crippen LogP contribution in [-0.4, -0.2) is 84.9 Å². The van der Waals surface area contributed by atoms with Gasteiger partial charge in [-0.25, -0.2) is 0 Å². The number of hydrogen-bond acceptors (Lipinski definition) is 4. The number of carbonyl (C=O) groups excluding carboxylic acids is 2. The molecule has 1 saturated heterocycles. The van der Waals surface area contributed by atoms with Crippen LogP contribution in [0.1, 0.15) is 59.8 Å². The SMILES string of the molecule is CN=C(NCCCCCC(=O)N1CCN(C(=O)CC(C)C)CC1)NCC(C)(C)SC. The first-order chi connectivity index (χ1) is 14.2. The van der Waals surface area contributed by atoms with E-state index < -0.39 is 0 Å². The van der Waals surface area contributed by atoms with Crippen LogP contribution in [0, 0.1) is 5.92 Å². The standard InChI is InChI=1S/C22H43N5O2S/c1-18(2)16-20(29)27-14-12-26(13-15-27)19(28)10-8-7-9-11-24-21(23-5)25-17-22(3,4)30-6/h18H,7-17H2,1-6H3,(H2,23,24,25). The van der Waals surface area contributed by atoms with Crippen LogP contribution in [-0.2, 0) is 9.59 Å². The number of nitrogens with zero attached hydrogens (tertiary/aromatic N) is 3. The Morgan fingerprint density at radius 1 is 1.00 bits per heavy atom. The van der Waals surface area contributed by atoms with Crippen molar-refractivity contribution in [3.63, 3.8) is 0 Å². The van der Waals surface area contributed by atoms with Gasteiger partial charge in [-0.3, -0.25) is 14.6 Å². The van der Waals surface area contributed by atoms with Crippen LogP contribution < -0.4 is 10.6 Å². The number of thioether (sulfide) groups is 1. The molecule has 0 bridgehead atoms. The Bertz CT molecular complexity index is 558. The number of aliphatic imine (C=N–C) groups is 1. The Kier molecular flexibility index (Phi) is 12.2. The monoisotopic (exact) mass is 441 g/mol. The molecule has 8 heteroatoms. The summed E-state index contributed by atoms with van der Waals surface area (Å²) in [6.45, 7) is 12.9. The van der Waals surface area contributed by atoms with E-state index in [0.717, 1.165) is 38.3 Å². The van der Waals surface area contributed by atoms with Gasteiger partial charge in [0.25, 0.3) is 0 Å². The fraction of sp³-hybridized carbons (Fsp3) is 0.864. The quantitative estimate of drug-likeness (QED) is 0.293. The highest BCUT2D eigenvalue weighted by atomic mass is 32.2. The Hall–Kier alpha value is -1.44. The van der Waals surface area contributed by atoms with E-state index >= 15 is 0 Å². The van der Waals surface area contributed by atoms with Gasteiger partial charge in [0.05, 0.1) is 0 Å². The first-order valence-electron chi connectivity index (χ1n) is 11.2. The van der Waals surface area contributed by atoms with E-state index in [2.05, 4.69) is 49.6 Å². The molecule has 1 aliphatic heterocycles. The minimum Gasteiger partial charge on any atom is -0.356 e. The molecule has 0 aromatic carbocycles. The van der Waals surface area contributed by atoms with E-state index in [1.807, 2.05) is 21.6 Å². The second-order valence-corrected chi connectivity index (χ2v) is 10.5. The third-order valence-electron chi connectivity index (χ3n) is 5.39. The molecule has 2 amide bonds. The normalized spacial score (nSPS) is 15.5. The fourth-order valence-electron chi connectivity index (χ4n) is 3.22. The summed E-state index contributed by atoms with van der Waals surface area (Å²) >= 11 is 1.83. The number of carbonyl (C=O) groups is 2. The molecule has 7 nitrogen and oxygen atoms in total. The highest BCUT2D eigenvalue weighted by Gasteiger charge is 2.24. The summed E-state index contributed by atoms with van der Waals surface area (Å²) in [6, 6.07) is 0. The van der Waals surface area contributed by atoms with Crippen LogP contribution in [0.2, 0.25) is 0 Å². The lowest BCUT2D eigenvalue weighted by atomic mass is 10.1. The van der Waals surface area contributed by atoms with E-state index in [1.165, 1.54) is 0 Å². The zero-order chi connectivity index (χ0) is 22.6. The van der Waals surface area contributed by atoms with E-state index in [1.54, 1.807) is 7.05 Å². The van der Waals surface area contributed by atoms with Crippen molar-refractivity contribution in [2.24, 2.45) is 10.9 Å². The maximum absolute atomic E-state index is 12.4. The summed E-state index contributed by atoms with van der Waals surface area (Å²) in [5, 5.41) is 6.71. The van der Waals surface area contributed by atoms with Crippen LogP contribution in [0.4, 0.5) is 0 Å². The largest absolute Gasteiger partial charge is 0.356 e. The molecular formula is C22H43N5O2S. The average Bonchev–Trinajstić information content (AvgIpc) is 2.72. The molecule has 1 heterocycles. The third kappa shape index (κ3) is 10.5. The first-order valence-corrected chi connectivity index (χ1v) is 12.5. The lowest BCUT2D eigenvalue weighted by molar-refractivity contribution is -0.140. The molecule has 1 aliphatic rings. The van der Waals surface area contributed by atoms with Crippen molar-refractivity contribution >= 4 is 29.5 Å². The van der Waals surface area contributed by atoms with Crippen molar-refractivity contribution in [1.29, 1.82) is 0 Å². The molecule has 30 heavy (non-hydrogen) atoms. The number of amides is 2. The molecule has 1 fully saturated rings. The van der Waals surface area contributed by atoms with Gasteiger partial charge in [0.15, 0.2) is 5.96 Å². The van der Waals surface area contributed by atoms with E-state index in [9.17, 15) is 9.59 Å². The van der Waals surface area contributed by atoms with Gasteiger partial charge in [-0.2, -0.15) is 11.8 Å². The number of nitrogens with one attached hydrogen (secondary N) is 2. The van der Waals surface area contributed by atoms with Crippen LogP contribution in [0.3, 0.4) is 0 Å². The van der Waals surface area contributed by atoms with Crippen molar-refractivity contribution < 1.29 is 9.59 Å². The third-order valence-corrected chi connectivity index (χ3v) is 6.64. The Morgan fingerprint density at radius 3 is 2.13 bits per heavy atom. The van der Waals surface area contributed by atoms with Crippen molar-refractivity contribution in [3.8, 4) is 0 Å². The topological polar surface area (TPSA) is 77.0 Å². The number of piperazine rings is 1. The maximum atomic E-state index is 12.4. The van der Waals surface area contributed by atoms with Crippen LogP contribution in [0.5, 0.6) is 0 Å². The van der Waals surface area contributed by atoms with E-state index in [-0.39, 0.29) is 16.6 Å². The molecule has 0 aliphatic carbocycles. The van der Waals surface area contributed by atoms with Crippen LogP contribution in [0.15, 0.2) is 4.99 Å². The molecule has 0 unspecified atom stereocenters. The molecule has 0 saturated carbocycles. The predicted molar refractivity (Wildman–Crippen MR) is 128 cm³/mol. The number of guanidine groups is 1. The molecule has 0 spiro atoms. The van der Waals surface area contributed by atoms with Gasteiger partial charge in [-0.15, -0.1) is 0 Å². The molecule has 174 valence electrons. The summed E-state index contributed by atoms with van der Waals surface area (Å²) in [7, 11) is 1.79. The van der Waals surface area contributed by atoms with Gasteiger partial charge >= 0.3 is 0 Å². The van der Waals surface area contributed by atoms with Crippen molar-refractivity contribution in [1.82, 2.24) is 20.4 Å². The average molecular weight is 442 g/mol. The molecule has 0 aromatic heterocycles. The van der Waals surface area contributed by atoms with E-state index in [0.29, 0.717) is 44.9 Å². The summed E-state index contributed by atoms with van der Waals surface area (Å²) in [5.41, 5.74) is 0. The smallest absolute Gasteiger partial charge is 0.222 e. The minimum atomic E-state index is 0.172. The van der Waals surface area contributed by atoms with Crippen molar-refractivity contribution in [2.75, 3.05) is 52.6 Å². The lowest BCUT2D eigenvalue weighted by Gasteiger charge is -2.35. The molecule has 1 rings (SSSR count). The molecule has 0 atom stereocenters. The second kappa shape index (κ2) is 13.8. The minimum absolute atomic E-state index is 0.172. The summed E-state index contributed by atoms with van der Waals surface area (Å²) in [5.74, 6) is 1.64. The highest BCUT2D eigenvalue weighted by molar-refractivity contribution is 7.99. The van der Waals surface area contributed by atoms with Crippen LogP contribution >= 0.6 is 11.8 Å². The van der Waals surface area contributed by atoms with Crippen molar-refractivity contribution in [3.05, 3.63) is 0 Å². The second-order valence-electron chi connectivity index (χ2n) is 8.99. The summed E-state index contributed by atoms with van der Waals surface area (Å²) in [6.07, 6.45) is 6.23. The molecule has 2 N–H and O–H groups in total. The molecular weight excluding hydrogens is 398 g/mol. The number of rotatable bonds is 11. The number of hydrogen-bond donors (Lipinski definition) is 2. The molecule has 0 radical (unpaired) electrons. The number of unbranched alkanes of at least 4 members (excludes halogenated alkanes) is 2. The van der Waals surface area contributed by atoms with Crippen molar-refractivity contribution in [2.45, 2.75) is 64.5 Å². The van der Waals surface area contributed by atoms with Gasteiger partial charge in [-0.05, 0) is 38.9 Å². The first kappa shape index (κ1) is 26.6. The Balaban J connectivity index is 2.14. The predicted octanol–water partition coefficient (Wildman–Crippen LogP) is 2.57. The van der Waals surface area contributed by atoms with Gasteiger partial charge in [0, 0.05) is 63.9 Å². The highest BCUT2D eigenvalue weighted by Crippen LogP contribution is 2.19. The summed E-state index contributed by atoms with van der Waals surface area (Å²) in [4.78, 5) is 32.6. The Labute approximate surface area is 187 Å². The van der Waals surface area contributed by atoms with Gasteiger partial charge in [0.2, 0.25) is 11.8 Å². The summed E-state index contributed by atoms with van der Waals surface area (Å²) < 4.78 is 0.172. The fourth-order valence-corrected chi connectivity index (χ4v) is 3.43. The molecule has 0 aromatic rings. The zero-order valence-corrected chi connectivity index (χ0v) is 20.7. The zero-order valence-electron chi connectivity index (χ0n) is 19.9. The lowest BCUT2D eigenvalue weighted by Crippen LogP contribution is -2.50. The van der Waals surface area contributed by atoms with Crippen LogP contribution in [0.25, 0.3) is 0 Å². The van der Waals surface area contributed by atoms with Gasteiger partial charge in [-0.1, -0.05) is 20.3 Å². The van der Waals surface area contributed by atoms with E-state index in [4.69, 9.17) is 0 Å². The Morgan fingerprint density at radius 2 is 1.60 bits per heavy atom. The maximum Gasteiger partial charge on any atom is 0.222 e. The van der Waals surface area contributed by atoms with Gasteiger partial charge in [0.1, 0.15) is 0 Å². The van der Waals surface area contributed by atoms with Gasteiger partial charge < -0.3 is 20.4 Å².